The Hall–Kier alpha value is -2.45. The maximum Gasteiger partial charge on any atom is 0.326 e. The van der Waals surface area contributed by atoms with E-state index in [0.29, 0.717) is 19.4 Å². The number of carbonyl (C=O) groups excluding carboxylic acids is 2. The van der Waals surface area contributed by atoms with Crippen LogP contribution in [0, 0.1) is 0 Å². The van der Waals surface area contributed by atoms with Crippen molar-refractivity contribution in [3.63, 3.8) is 0 Å². The van der Waals surface area contributed by atoms with Gasteiger partial charge in [-0.2, -0.15) is 0 Å². The molecule has 0 aliphatic carbocycles. The van der Waals surface area contributed by atoms with Gasteiger partial charge in [0.15, 0.2) is 0 Å². The summed E-state index contributed by atoms with van der Waals surface area (Å²) in [6.07, 6.45) is 1.79. The summed E-state index contributed by atoms with van der Waals surface area (Å²) >= 11 is 0. The van der Waals surface area contributed by atoms with Crippen LogP contribution in [0.3, 0.4) is 0 Å². The summed E-state index contributed by atoms with van der Waals surface area (Å²) in [6, 6.07) is 7.22. The highest BCUT2D eigenvalue weighted by molar-refractivity contribution is 5.91. The first-order valence-corrected chi connectivity index (χ1v) is 8.24. The molecule has 0 aromatic heterocycles. The molecule has 2 amide bonds. The van der Waals surface area contributed by atoms with Gasteiger partial charge in [-0.25, -0.2) is 4.79 Å². The van der Waals surface area contributed by atoms with Gasteiger partial charge in [-0.05, 0) is 31.4 Å². The van der Waals surface area contributed by atoms with E-state index in [2.05, 4.69) is 10.6 Å². The van der Waals surface area contributed by atoms with Crippen LogP contribution in [0.5, 0.6) is 0 Å². The number of carboxylic acid groups (broad SMARTS) is 1. The van der Waals surface area contributed by atoms with E-state index in [1.54, 1.807) is 0 Å². The minimum atomic E-state index is -1.12. The lowest BCUT2D eigenvalue weighted by molar-refractivity contribution is -0.142. The van der Waals surface area contributed by atoms with Gasteiger partial charge in [0.25, 0.3) is 0 Å². The fraction of sp³-hybridized carbons (Fsp3) is 0.471. The Morgan fingerprint density at radius 3 is 2.24 bits per heavy atom. The second-order valence-electron chi connectivity index (χ2n) is 5.70. The molecule has 8 heteroatoms. The molecule has 0 radical (unpaired) electrons. The average Bonchev–Trinajstić information content (AvgIpc) is 2.60. The largest absolute Gasteiger partial charge is 0.480 e. The van der Waals surface area contributed by atoms with Crippen molar-refractivity contribution in [3.8, 4) is 0 Å². The lowest BCUT2D eigenvalue weighted by Crippen LogP contribution is -2.53. The number of benzene rings is 1. The van der Waals surface area contributed by atoms with Gasteiger partial charge < -0.3 is 27.2 Å². The number of carbonyl (C=O) groups is 3. The summed E-state index contributed by atoms with van der Waals surface area (Å²) in [5.41, 5.74) is 11.5. The van der Waals surface area contributed by atoms with E-state index < -0.39 is 29.9 Å². The van der Waals surface area contributed by atoms with E-state index in [0.717, 1.165) is 5.56 Å². The summed E-state index contributed by atoms with van der Waals surface area (Å²) in [6.45, 7) is 0.209. The molecular formula is C17H26N4O4. The fourth-order valence-electron chi connectivity index (χ4n) is 2.33. The van der Waals surface area contributed by atoms with Crippen molar-refractivity contribution in [2.75, 3.05) is 13.1 Å². The number of nitrogens with one attached hydrogen (secondary N) is 2. The topological polar surface area (TPSA) is 148 Å². The van der Waals surface area contributed by atoms with Crippen molar-refractivity contribution in [2.24, 2.45) is 11.5 Å². The average molecular weight is 350 g/mol. The summed E-state index contributed by atoms with van der Waals surface area (Å²) in [7, 11) is 0. The first kappa shape index (κ1) is 20.6. The Bertz CT molecular complexity index is 565. The van der Waals surface area contributed by atoms with Crippen LogP contribution in [0.4, 0.5) is 0 Å². The second kappa shape index (κ2) is 11.2. The predicted octanol–water partition coefficient (Wildman–Crippen LogP) is -0.629. The third-order valence-corrected chi connectivity index (χ3v) is 3.68. The zero-order valence-corrected chi connectivity index (χ0v) is 14.1. The Balaban J connectivity index is 2.78. The predicted molar refractivity (Wildman–Crippen MR) is 93.6 cm³/mol. The molecule has 2 atom stereocenters. The lowest BCUT2D eigenvalue weighted by atomic mass is 10.0. The van der Waals surface area contributed by atoms with Gasteiger partial charge in [-0.1, -0.05) is 30.3 Å². The van der Waals surface area contributed by atoms with Crippen LogP contribution < -0.4 is 22.1 Å². The quantitative estimate of drug-likeness (QED) is 0.336. The number of hydrogen-bond acceptors (Lipinski definition) is 5. The minimum Gasteiger partial charge on any atom is -0.480 e. The van der Waals surface area contributed by atoms with E-state index >= 15 is 0 Å². The molecule has 1 rings (SSSR count). The number of unbranched alkanes of at least 4 members (excludes halogenated alkanes) is 1. The van der Waals surface area contributed by atoms with Crippen LogP contribution in [0.25, 0.3) is 0 Å². The second-order valence-corrected chi connectivity index (χ2v) is 5.70. The lowest BCUT2D eigenvalue weighted by Gasteiger charge is -2.21. The Labute approximate surface area is 147 Å². The smallest absolute Gasteiger partial charge is 0.326 e. The van der Waals surface area contributed by atoms with Gasteiger partial charge in [0, 0.05) is 6.42 Å². The van der Waals surface area contributed by atoms with Gasteiger partial charge in [0.05, 0.1) is 6.54 Å². The number of nitrogens with two attached hydrogens (primary N) is 2. The zero-order chi connectivity index (χ0) is 18.7. The van der Waals surface area contributed by atoms with Crippen LogP contribution in [-0.2, 0) is 20.8 Å². The SMILES string of the molecule is NCCCCC(NC(=O)C(Cc1ccccc1)NC(=O)CN)C(=O)O. The van der Waals surface area contributed by atoms with Gasteiger partial charge in [0.1, 0.15) is 12.1 Å². The van der Waals surface area contributed by atoms with Crippen LogP contribution in [0.2, 0.25) is 0 Å². The first-order chi connectivity index (χ1) is 12.0. The molecule has 0 heterocycles. The molecule has 0 bridgehead atoms. The molecule has 0 aliphatic rings. The Morgan fingerprint density at radius 2 is 1.68 bits per heavy atom. The van der Waals surface area contributed by atoms with E-state index in [9.17, 15) is 19.5 Å². The Kier molecular flexibility index (Phi) is 9.20. The van der Waals surface area contributed by atoms with Crippen molar-refractivity contribution in [1.82, 2.24) is 10.6 Å². The van der Waals surface area contributed by atoms with Crippen molar-refractivity contribution < 1.29 is 19.5 Å². The molecule has 138 valence electrons. The highest BCUT2D eigenvalue weighted by Gasteiger charge is 2.26. The molecule has 25 heavy (non-hydrogen) atoms. The van der Waals surface area contributed by atoms with Crippen molar-refractivity contribution in [1.29, 1.82) is 0 Å². The van der Waals surface area contributed by atoms with Gasteiger partial charge in [-0.3, -0.25) is 9.59 Å². The third-order valence-electron chi connectivity index (χ3n) is 3.68. The number of amides is 2. The fourth-order valence-corrected chi connectivity index (χ4v) is 2.33. The van der Waals surface area contributed by atoms with Crippen molar-refractivity contribution >= 4 is 17.8 Å². The molecule has 0 fully saturated rings. The summed E-state index contributed by atoms with van der Waals surface area (Å²) in [4.78, 5) is 35.4. The van der Waals surface area contributed by atoms with Crippen molar-refractivity contribution in [2.45, 2.75) is 37.8 Å². The molecule has 0 saturated carbocycles. The minimum absolute atomic E-state index is 0.244. The molecule has 1 aromatic carbocycles. The molecule has 0 saturated heterocycles. The zero-order valence-electron chi connectivity index (χ0n) is 14.1. The van der Waals surface area contributed by atoms with E-state index in [4.69, 9.17) is 11.5 Å². The molecule has 7 N–H and O–H groups in total. The van der Waals surface area contributed by atoms with Gasteiger partial charge in [-0.15, -0.1) is 0 Å². The maximum atomic E-state index is 12.5. The van der Waals surface area contributed by atoms with E-state index in [1.165, 1.54) is 0 Å². The number of carboxylic acids is 1. The maximum absolute atomic E-state index is 12.5. The monoisotopic (exact) mass is 350 g/mol. The first-order valence-electron chi connectivity index (χ1n) is 8.24. The normalized spacial score (nSPS) is 12.9. The molecule has 8 nitrogen and oxygen atoms in total. The summed E-state index contributed by atoms with van der Waals surface area (Å²) in [5, 5.41) is 14.3. The van der Waals surface area contributed by atoms with E-state index in [-0.39, 0.29) is 19.4 Å². The number of rotatable bonds is 11. The van der Waals surface area contributed by atoms with Crippen molar-refractivity contribution in [3.05, 3.63) is 35.9 Å². The third kappa shape index (κ3) is 7.77. The standard InChI is InChI=1S/C17H26N4O4/c18-9-5-4-8-13(17(24)25)21-16(23)14(20-15(22)11-19)10-12-6-2-1-3-7-12/h1-3,6-7,13-14H,4-5,8-11,18-19H2,(H,20,22)(H,21,23)(H,24,25). The van der Waals surface area contributed by atoms with Crippen LogP contribution in [0.1, 0.15) is 24.8 Å². The summed E-state index contributed by atoms with van der Waals surface area (Å²) < 4.78 is 0. The molecule has 0 aliphatic heterocycles. The van der Waals surface area contributed by atoms with Gasteiger partial charge >= 0.3 is 5.97 Å². The molecular weight excluding hydrogens is 324 g/mol. The number of aliphatic carboxylic acids is 1. The van der Waals surface area contributed by atoms with E-state index in [1.807, 2.05) is 30.3 Å². The van der Waals surface area contributed by atoms with Gasteiger partial charge in [0.2, 0.25) is 11.8 Å². The summed E-state index contributed by atoms with van der Waals surface area (Å²) in [5.74, 6) is -2.15. The molecule has 2 unspecified atom stereocenters. The highest BCUT2D eigenvalue weighted by atomic mass is 16.4. The van der Waals surface area contributed by atoms with Crippen LogP contribution >= 0.6 is 0 Å². The van der Waals surface area contributed by atoms with Crippen LogP contribution in [0.15, 0.2) is 30.3 Å². The molecule has 0 spiro atoms. The Morgan fingerprint density at radius 1 is 1.00 bits per heavy atom. The van der Waals surface area contributed by atoms with Crippen LogP contribution in [-0.4, -0.2) is 48.1 Å². The molecule has 1 aromatic rings. The number of hydrogen-bond donors (Lipinski definition) is 5. The highest BCUT2D eigenvalue weighted by Crippen LogP contribution is 2.06.